The van der Waals surface area contributed by atoms with E-state index in [1.54, 1.807) is 41.3 Å². The van der Waals surface area contributed by atoms with Gasteiger partial charge in [-0.3, -0.25) is 9.59 Å². The lowest BCUT2D eigenvalue weighted by molar-refractivity contribution is -0.127. The predicted octanol–water partition coefficient (Wildman–Crippen LogP) is 2.12. The van der Waals surface area contributed by atoms with Crippen molar-refractivity contribution in [2.45, 2.75) is 11.8 Å². The Labute approximate surface area is 177 Å². The molecule has 0 bridgehead atoms. The van der Waals surface area contributed by atoms with Gasteiger partial charge in [0, 0.05) is 38.3 Å². The van der Waals surface area contributed by atoms with Gasteiger partial charge in [-0.25, -0.2) is 8.42 Å². The Morgan fingerprint density at radius 1 is 0.967 bits per heavy atom. The van der Waals surface area contributed by atoms with Gasteiger partial charge in [-0.05, 0) is 48.4 Å². The highest BCUT2D eigenvalue weighted by Crippen LogP contribution is 2.24. The molecule has 0 aromatic heterocycles. The fourth-order valence-electron chi connectivity index (χ4n) is 3.32. The monoisotopic (exact) mass is 427 g/mol. The first-order valence-electron chi connectivity index (χ1n) is 9.77. The second-order valence-corrected chi connectivity index (χ2v) is 8.83. The van der Waals surface area contributed by atoms with Crippen LogP contribution in [0.25, 0.3) is 11.1 Å². The molecule has 0 unspecified atom stereocenters. The van der Waals surface area contributed by atoms with Crippen LogP contribution in [-0.4, -0.2) is 62.2 Å². The summed E-state index contributed by atoms with van der Waals surface area (Å²) in [7, 11) is -3.62. The van der Waals surface area contributed by atoms with E-state index < -0.39 is 10.0 Å². The summed E-state index contributed by atoms with van der Waals surface area (Å²) in [6, 6.07) is 13.8. The standard InChI is InChI=1S/C22H25N3O4S/c1-3-21(26)24-13-15-25(16-14-24)30(28,29)20-11-9-18(10-12-20)17-5-7-19(8-6-17)22(27)23-4-2/h3,5-12H,1,4,13-16H2,2H3,(H,23,27). The average Bonchev–Trinajstić information content (AvgIpc) is 2.79. The Kier molecular flexibility index (Phi) is 6.69. The average molecular weight is 428 g/mol. The molecule has 1 aliphatic heterocycles. The molecule has 1 aliphatic rings. The molecule has 30 heavy (non-hydrogen) atoms. The normalized spacial score (nSPS) is 14.9. The number of hydrogen-bond donors (Lipinski definition) is 1. The molecular formula is C22H25N3O4S. The maximum atomic E-state index is 12.9. The molecule has 2 amide bonds. The molecule has 3 rings (SSSR count). The molecule has 0 atom stereocenters. The molecule has 1 heterocycles. The zero-order chi connectivity index (χ0) is 21.7. The molecule has 0 saturated carbocycles. The quantitative estimate of drug-likeness (QED) is 0.716. The Hall–Kier alpha value is -2.97. The van der Waals surface area contributed by atoms with Gasteiger partial charge in [0.05, 0.1) is 4.90 Å². The Morgan fingerprint density at radius 3 is 2.00 bits per heavy atom. The smallest absolute Gasteiger partial charge is 0.251 e. The van der Waals surface area contributed by atoms with Crippen molar-refractivity contribution in [2.24, 2.45) is 0 Å². The first kappa shape index (κ1) is 21.7. The van der Waals surface area contributed by atoms with Crippen molar-refractivity contribution in [3.05, 3.63) is 66.7 Å². The minimum atomic E-state index is -3.62. The van der Waals surface area contributed by atoms with E-state index in [2.05, 4.69) is 11.9 Å². The second kappa shape index (κ2) is 9.23. The molecule has 1 N–H and O–H groups in total. The Morgan fingerprint density at radius 2 is 1.50 bits per heavy atom. The largest absolute Gasteiger partial charge is 0.352 e. The van der Waals surface area contributed by atoms with Crippen LogP contribution in [0.3, 0.4) is 0 Å². The predicted molar refractivity (Wildman–Crippen MR) is 115 cm³/mol. The van der Waals surface area contributed by atoms with Crippen LogP contribution in [-0.2, 0) is 14.8 Å². The molecule has 1 saturated heterocycles. The topological polar surface area (TPSA) is 86.8 Å². The van der Waals surface area contributed by atoms with Gasteiger partial charge in [0.2, 0.25) is 15.9 Å². The van der Waals surface area contributed by atoms with E-state index in [9.17, 15) is 18.0 Å². The third kappa shape index (κ3) is 4.60. The van der Waals surface area contributed by atoms with Crippen LogP contribution < -0.4 is 5.32 Å². The van der Waals surface area contributed by atoms with Crippen molar-refractivity contribution < 1.29 is 18.0 Å². The van der Waals surface area contributed by atoms with Crippen LogP contribution >= 0.6 is 0 Å². The fraction of sp³-hybridized carbons (Fsp3) is 0.273. The summed E-state index contributed by atoms with van der Waals surface area (Å²) in [5.74, 6) is -0.310. The van der Waals surface area contributed by atoms with Gasteiger partial charge in [0.15, 0.2) is 0 Å². The number of benzene rings is 2. The molecule has 2 aromatic carbocycles. The molecule has 158 valence electrons. The molecule has 0 aliphatic carbocycles. The van der Waals surface area contributed by atoms with Gasteiger partial charge in [-0.1, -0.05) is 30.8 Å². The van der Waals surface area contributed by atoms with E-state index in [0.717, 1.165) is 11.1 Å². The van der Waals surface area contributed by atoms with Crippen LogP contribution in [0, 0.1) is 0 Å². The zero-order valence-corrected chi connectivity index (χ0v) is 17.7. The molecule has 0 spiro atoms. The van der Waals surface area contributed by atoms with Crippen molar-refractivity contribution >= 4 is 21.8 Å². The highest BCUT2D eigenvalue weighted by molar-refractivity contribution is 7.89. The maximum Gasteiger partial charge on any atom is 0.251 e. The molecule has 2 aromatic rings. The van der Waals surface area contributed by atoms with E-state index in [1.165, 1.54) is 10.4 Å². The Balaban J connectivity index is 1.71. The molecule has 8 heteroatoms. The van der Waals surface area contributed by atoms with Crippen LogP contribution in [0.4, 0.5) is 0 Å². The van der Waals surface area contributed by atoms with Crippen molar-refractivity contribution in [3.63, 3.8) is 0 Å². The lowest BCUT2D eigenvalue weighted by Gasteiger charge is -2.33. The van der Waals surface area contributed by atoms with E-state index >= 15 is 0 Å². The summed E-state index contributed by atoms with van der Waals surface area (Å²) in [5, 5.41) is 2.75. The van der Waals surface area contributed by atoms with E-state index in [1.807, 2.05) is 19.1 Å². The Bertz CT molecular complexity index is 1020. The number of hydrogen-bond acceptors (Lipinski definition) is 4. The summed E-state index contributed by atoms with van der Waals surface area (Å²) in [4.78, 5) is 25.3. The van der Waals surface area contributed by atoms with Gasteiger partial charge in [0.25, 0.3) is 5.91 Å². The number of piperazine rings is 1. The van der Waals surface area contributed by atoms with Gasteiger partial charge >= 0.3 is 0 Å². The maximum absolute atomic E-state index is 12.9. The summed E-state index contributed by atoms with van der Waals surface area (Å²) < 4.78 is 27.2. The number of carbonyl (C=O) groups is 2. The van der Waals surface area contributed by atoms with Crippen LogP contribution in [0.1, 0.15) is 17.3 Å². The lowest BCUT2D eigenvalue weighted by atomic mass is 10.0. The minimum absolute atomic E-state index is 0.125. The van der Waals surface area contributed by atoms with Gasteiger partial charge < -0.3 is 10.2 Å². The van der Waals surface area contributed by atoms with Crippen molar-refractivity contribution in [1.29, 1.82) is 0 Å². The van der Waals surface area contributed by atoms with E-state index in [-0.39, 0.29) is 29.8 Å². The van der Waals surface area contributed by atoms with E-state index in [4.69, 9.17) is 0 Å². The summed E-state index contributed by atoms with van der Waals surface area (Å²) in [5.41, 5.74) is 2.33. The van der Waals surface area contributed by atoms with Crippen LogP contribution in [0.15, 0.2) is 66.1 Å². The van der Waals surface area contributed by atoms with Crippen LogP contribution in [0.5, 0.6) is 0 Å². The summed E-state index contributed by atoms with van der Waals surface area (Å²) >= 11 is 0. The highest BCUT2D eigenvalue weighted by atomic mass is 32.2. The molecule has 7 nitrogen and oxygen atoms in total. The lowest BCUT2D eigenvalue weighted by Crippen LogP contribution is -2.50. The highest BCUT2D eigenvalue weighted by Gasteiger charge is 2.29. The summed E-state index contributed by atoms with van der Waals surface area (Å²) in [6.45, 7) is 7.10. The second-order valence-electron chi connectivity index (χ2n) is 6.89. The van der Waals surface area contributed by atoms with Gasteiger partial charge in [0.1, 0.15) is 0 Å². The number of nitrogens with one attached hydrogen (secondary N) is 1. The summed E-state index contributed by atoms with van der Waals surface area (Å²) in [6.07, 6.45) is 1.24. The molecule has 1 fully saturated rings. The first-order chi connectivity index (χ1) is 14.4. The van der Waals surface area contributed by atoms with Crippen molar-refractivity contribution in [3.8, 4) is 11.1 Å². The number of sulfonamides is 1. The molecule has 0 radical (unpaired) electrons. The number of carbonyl (C=O) groups excluding carboxylic acids is 2. The van der Waals surface area contributed by atoms with E-state index in [0.29, 0.717) is 25.2 Å². The fourth-order valence-corrected chi connectivity index (χ4v) is 4.75. The third-order valence-corrected chi connectivity index (χ3v) is 6.95. The SMILES string of the molecule is C=CC(=O)N1CCN(S(=O)(=O)c2ccc(-c3ccc(C(=O)NCC)cc3)cc2)CC1. The van der Waals surface area contributed by atoms with Gasteiger partial charge in [-0.2, -0.15) is 4.31 Å². The van der Waals surface area contributed by atoms with Gasteiger partial charge in [-0.15, -0.1) is 0 Å². The number of amides is 2. The third-order valence-electron chi connectivity index (χ3n) is 5.03. The first-order valence-corrected chi connectivity index (χ1v) is 11.2. The van der Waals surface area contributed by atoms with Crippen LogP contribution in [0.2, 0.25) is 0 Å². The van der Waals surface area contributed by atoms with Crippen molar-refractivity contribution in [1.82, 2.24) is 14.5 Å². The number of nitrogens with zero attached hydrogens (tertiary/aromatic N) is 2. The van der Waals surface area contributed by atoms with Crippen molar-refractivity contribution in [2.75, 3.05) is 32.7 Å². The number of rotatable bonds is 6. The molecular weight excluding hydrogens is 402 g/mol. The zero-order valence-electron chi connectivity index (χ0n) is 16.9. The minimum Gasteiger partial charge on any atom is -0.352 e.